The number of carbonyl (C=O) groups is 3. The van der Waals surface area contributed by atoms with E-state index in [1.807, 2.05) is 48.5 Å². The van der Waals surface area contributed by atoms with Gasteiger partial charge in [0.1, 0.15) is 11.8 Å². The Kier molecular flexibility index (Phi) is 4.63. The highest BCUT2D eigenvalue weighted by molar-refractivity contribution is 9.10. The van der Waals surface area contributed by atoms with E-state index in [-0.39, 0.29) is 5.91 Å². The van der Waals surface area contributed by atoms with Gasteiger partial charge in [0.25, 0.3) is 17.7 Å². The third-order valence-electron chi connectivity index (χ3n) is 5.71. The van der Waals surface area contributed by atoms with Gasteiger partial charge in [0.2, 0.25) is 0 Å². The van der Waals surface area contributed by atoms with E-state index in [0.29, 0.717) is 22.6 Å². The Hall–Kier alpha value is -3.45. The van der Waals surface area contributed by atoms with Gasteiger partial charge in [0.15, 0.2) is 0 Å². The molecule has 2 aliphatic heterocycles. The van der Waals surface area contributed by atoms with Gasteiger partial charge in [-0.15, -0.1) is 0 Å². The molecule has 5 rings (SSSR count). The van der Waals surface area contributed by atoms with Crippen LogP contribution in [0.3, 0.4) is 0 Å². The van der Waals surface area contributed by atoms with Crippen LogP contribution in [-0.2, 0) is 4.79 Å². The van der Waals surface area contributed by atoms with Crippen molar-refractivity contribution in [3.63, 3.8) is 0 Å². The van der Waals surface area contributed by atoms with E-state index in [9.17, 15) is 14.4 Å². The Balaban J connectivity index is 1.60. The molecule has 2 aliphatic rings. The number of methoxy groups -OCH3 is 1. The lowest BCUT2D eigenvalue weighted by molar-refractivity contribution is -0.130. The van der Waals surface area contributed by atoms with Crippen molar-refractivity contribution < 1.29 is 19.1 Å². The van der Waals surface area contributed by atoms with Crippen molar-refractivity contribution >= 4 is 39.3 Å². The van der Waals surface area contributed by atoms with E-state index < -0.39 is 23.9 Å². The highest BCUT2D eigenvalue weighted by Crippen LogP contribution is 2.44. The van der Waals surface area contributed by atoms with Crippen molar-refractivity contribution in [2.45, 2.75) is 12.1 Å². The number of halogens is 1. The number of β-lactam (4-membered cyclic amide) rings is 1. The summed E-state index contributed by atoms with van der Waals surface area (Å²) in [6.07, 6.45) is 0. The van der Waals surface area contributed by atoms with Crippen LogP contribution in [0.2, 0.25) is 0 Å². The first-order valence-electron chi connectivity index (χ1n) is 9.71. The number of ether oxygens (including phenoxy) is 1. The maximum atomic E-state index is 13.4. The first-order valence-corrected chi connectivity index (χ1v) is 10.5. The van der Waals surface area contributed by atoms with Gasteiger partial charge in [-0.25, -0.2) is 0 Å². The number of nitrogens with zero attached hydrogens (tertiary/aromatic N) is 2. The van der Waals surface area contributed by atoms with Crippen molar-refractivity contribution in [3.8, 4) is 5.75 Å². The SMILES string of the molecule is COc1cccc([C@@H]2[C@@H](N3C(=O)c4ccccc4C3=O)C(=O)N2c2ccc(Br)cc2)c1. The summed E-state index contributed by atoms with van der Waals surface area (Å²) < 4.78 is 6.24. The van der Waals surface area contributed by atoms with Crippen LogP contribution < -0.4 is 9.64 Å². The van der Waals surface area contributed by atoms with Gasteiger partial charge in [-0.05, 0) is 54.1 Å². The van der Waals surface area contributed by atoms with Crippen LogP contribution in [0.25, 0.3) is 0 Å². The monoisotopic (exact) mass is 476 g/mol. The molecule has 3 amide bonds. The normalized spacial score (nSPS) is 20.0. The average molecular weight is 477 g/mol. The molecule has 7 heteroatoms. The molecule has 1 saturated heterocycles. The van der Waals surface area contributed by atoms with E-state index in [4.69, 9.17) is 4.74 Å². The molecule has 31 heavy (non-hydrogen) atoms. The standard InChI is InChI=1S/C24H17BrN2O4/c1-31-17-6-4-5-14(13-17)20-21(24(30)26(20)16-11-9-15(25)10-12-16)27-22(28)18-7-2-3-8-19(18)23(27)29/h2-13,20-21H,1H3/t20-,21-/m1/s1. The number of carbonyl (C=O) groups excluding carboxylic acids is 3. The molecule has 2 heterocycles. The highest BCUT2D eigenvalue weighted by Gasteiger charge is 2.57. The summed E-state index contributed by atoms with van der Waals surface area (Å²) in [6.45, 7) is 0. The molecule has 0 radical (unpaired) electrons. The smallest absolute Gasteiger partial charge is 0.262 e. The van der Waals surface area contributed by atoms with Gasteiger partial charge in [-0.3, -0.25) is 19.3 Å². The van der Waals surface area contributed by atoms with Crippen molar-refractivity contribution in [1.82, 2.24) is 4.90 Å². The van der Waals surface area contributed by atoms with Crippen LogP contribution in [-0.4, -0.2) is 35.8 Å². The number of anilines is 1. The molecular formula is C24H17BrN2O4. The molecule has 3 aromatic rings. The molecular weight excluding hydrogens is 460 g/mol. The molecule has 0 saturated carbocycles. The minimum absolute atomic E-state index is 0.301. The summed E-state index contributed by atoms with van der Waals surface area (Å²) in [6, 6.07) is 19.9. The van der Waals surface area contributed by atoms with Crippen molar-refractivity contribution in [2.24, 2.45) is 0 Å². The van der Waals surface area contributed by atoms with E-state index >= 15 is 0 Å². The summed E-state index contributed by atoms with van der Waals surface area (Å²) in [5.41, 5.74) is 2.12. The molecule has 0 aromatic heterocycles. The molecule has 1 fully saturated rings. The molecule has 0 unspecified atom stereocenters. The third kappa shape index (κ3) is 2.96. The third-order valence-corrected chi connectivity index (χ3v) is 6.24. The molecule has 154 valence electrons. The predicted molar refractivity (Wildman–Crippen MR) is 118 cm³/mol. The van der Waals surface area contributed by atoms with Crippen molar-refractivity contribution in [2.75, 3.05) is 12.0 Å². The topological polar surface area (TPSA) is 66.9 Å². The molecule has 0 bridgehead atoms. The predicted octanol–water partition coefficient (Wildman–Crippen LogP) is 4.21. The zero-order valence-electron chi connectivity index (χ0n) is 16.5. The summed E-state index contributed by atoms with van der Waals surface area (Å²) >= 11 is 3.41. The van der Waals surface area contributed by atoms with Crippen molar-refractivity contribution in [3.05, 3.63) is 94.0 Å². The molecule has 3 aromatic carbocycles. The Morgan fingerprint density at radius 1 is 0.774 bits per heavy atom. The number of hydrogen-bond donors (Lipinski definition) is 0. The minimum atomic E-state index is -0.928. The second-order valence-electron chi connectivity index (χ2n) is 7.38. The first-order chi connectivity index (χ1) is 15.0. The fraction of sp³-hybridized carbons (Fsp3) is 0.125. The van der Waals surface area contributed by atoms with Crippen LogP contribution in [0.5, 0.6) is 5.75 Å². The Bertz CT molecular complexity index is 1190. The number of hydrogen-bond acceptors (Lipinski definition) is 4. The van der Waals surface area contributed by atoms with Crippen LogP contribution in [0.15, 0.2) is 77.3 Å². The number of imide groups is 1. The summed E-state index contributed by atoms with van der Waals surface area (Å²) in [4.78, 5) is 42.2. The molecule has 6 nitrogen and oxygen atoms in total. The van der Waals surface area contributed by atoms with E-state index in [0.717, 1.165) is 14.9 Å². The van der Waals surface area contributed by atoms with Gasteiger partial charge < -0.3 is 9.64 Å². The van der Waals surface area contributed by atoms with E-state index in [2.05, 4.69) is 15.9 Å². The van der Waals surface area contributed by atoms with Crippen LogP contribution in [0, 0.1) is 0 Å². The first kappa shape index (κ1) is 19.5. The number of fused-ring (bicyclic) bond motifs is 1. The van der Waals surface area contributed by atoms with Gasteiger partial charge >= 0.3 is 0 Å². The van der Waals surface area contributed by atoms with Crippen LogP contribution in [0.1, 0.15) is 32.3 Å². The second kappa shape index (κ2) is 7.35. The van der Waals surface area contributed by atoms with Gasteiger partial charge in [-0.2, -0.15) is 0 Å². The molecule has 0 N–H and O–H groups in total. The largest absolute Gasteiger partial charge is 0.497 e. The lowest BCUT2D eigenvalue weighted by Crippen LogP contribution is -2.67. The zero-order chi connectivity index (χ0) is 21.7. The lowest BCUT2D eigenvalue weighted by Gasteiger charge is -2.49. The molecule has 2 atom stereocenters. The maximum Gasteiger partial charge on any atom is 0.262 e. The maximum absolute atomic E-state index is 13.4. The Labute approximate surface area is 187 Å². The van der Waals surface area contributed by atoms with Crippen molar-refractivity contribution in [1.29, 1.82) is 0 Å². The van der Waals surface area contributed by atoms with Crippen LogP contribution in [0.4, 0.5) is 5.69 Å². The minimum Gasteiger partial charge on any atom is -0.497 e. The molecule has 0 aliphatic carbocycles. The fourth-order valence-corrected chi connectivity index (χ4v) is 4.50. The van der Waals surface area contributed by atoms with E-state index in [1.165, 1.54) is 0 Å². The second-order valence-corrected chi connectivity index (χ2v) is 8.29. The van der Waals surface area contributed by atoms with Gasteiger partial charge in [0, 0.05) is 10.2 Å². The number of benzene rings is 3. The lowest BCUT2D eigenvalue weighted by atomic mass is 9.86. The van der Waals surface area contributed by atoms with Crippen LogP contribution >= 0.6 is 15.9 Å². The quantitative estimate of drug-likeness (QED) is 0.417. The molecule has 0 spiro atoms. The Morgan fingerprint density at radius 3 is 2.03 bits per heavy atom. The van der Waals surface area contributed by atoms with Gasteiger partial charge in [0.05, 0.1) is 24.3 Å². The zero-order valence-corrected chi connectivity index (χ0v) is 18.1. The Morgan fingerprint density at radius 2 is 1.42 bits per heavy atom. The average Bonchev–Trinajstić information content (AvgIpc) is 3.04. The van der Waals surface area contributed by atoms with Gasteiger partial charge in [-0.1, -0.05) is 40.2 Å². The summed E-state index contributed by atoms with van der Waals surface area (Å²) in [5.74, 6) is -0.553. The number of rotatable bonds is 4. The fourth-order valence-electron chi connectivity index (χ4n) is 4.23. The number of amides is 3. The van der Waals surface area contributed by atoms with E-state index in [1.54, 1.807) is 36.3 Å². The highest BCUT2D eigenvalue weighted by atomic mass is 79.9. The summed E-state index contributed by atoms with van der Waals surface area (Å²) in [5, 5.41) is 0. The summed E-state index contributed by atoms with van der Waals surface area (Å²) in [7, 11) is 1.57.